The number of halogens is 1. The fourth-order valence-electron chi connectivity index (χ4n) is 2.87. The molecule has 1 N–H and O–H groups in total. The van der Waals surface area contributed by atoms with Crippen LogP contribution in [0.15, 0.2) is 59.1 Å². The molecule has 0 aliphatic carbocycles. The van der Waals surface area contributed by atoms with Crippen molar-refractivity contribution in [2.45, 2.75) is 20.3 Å². The summed E-state index contributed by atoms with van der Waals surface area (Å²) in [5, 5.41) is 9.50. The Morgan fingerprint density at radius 1 is 1.08 bits per heavy atom. The van der Waals surface area contributed by atoms with Crippen molar-refractivity contribution in [2.75, 3.05) is 0 Å². The van der Waals surface area contributed by atoms with Crippen molar-refractivity contribution in [3.05, 3.63) is 75.9 Å². The first-order valence-corrected chi connectivity index (χ1v) is 8.61. The zero-order valence-electron chi connectivity index (χ0n) is 13.6. The molecule has 3 rings (SSSR count). The molecule has 122 valence electrons. The molecule has 0 amide bonds. The van der Waals surface area contributed by atoms with Gasteiger partial charge in [0.15, 0.2) is 0 Å². The number of aryl methyl sites for hydroxylation is 1. The Kier molecular flexibility index (Phi) is 4.58. The number of carboxylic acid groups (broad SMARTS) is 1. The van der Waals surface area contributed by atoms with E-state index in [1.165, 1.54) is 5.56 Å². The molecule has 2 aromatic carbocycles. The SMILES string of the molecule is CCc1ccc(-n2c(-c3ccc(Br)cc3)cc(C(=O)O)c2C)cc1. The van der Waals surface area contributed by atoms with Crippen LogP contribution in [0.4, 0.5) is 0 Å². The number of hydrogen-bond donors (Lipinski definition) is 1. The van der Waals surface area contributed by atoms with Crippen molar-refractivity contribution in [1.29, 1.82) is 0 Å². The molecule has 3 nitrogen and oxygen atoms in total. The van der Waals surface area contributed by atoms with Crippen molar-refractivity contribution in [3.8, 4) is 16.9 Å². The van der Waals surface area contributed by atoms with Gasteiger partial charge in [0.1, 0.15) is 0 Å². The maximum Gasteiger partial charge on any atom is 0.337 e. The third-order valence-electron chi connectivity index (χ3n) is 4.22. The minimum atomic E-state index is -0.908. The second-order valence-electron chi connectivity index (χ2n) is 5.70. The average molecular weight is 384 g/mol. The highest BCUT2D eigenvalue weighted by Gasteiger charge is 2.19. The van der Waals surface area contributed by atoms with Crippen LogP contribution in [0.2, 0.25) is 0 Å². The minimum Gasteiger partial charge on any atom is -0.478 e. The first kappa shape index (κ1) is 16.5. The molecule has 0 radical (unpaired) electrons. The largest absolute Gasteiger partial charge is 0.478 e. The summed E-state index contributed by atoms with van der Waals surface area (Å²) < 4.78 is 3.00. The van der Waals surface area contributed by atoms with Crippen molar-refractivity contribution in [1.82, 2.24) is 4.57 Å². The predicted octanol–water partition coefficient (Wildman–Crippen LogP) is 5.48. The van der Waals surface area contributed by atoms with E-state index in [0.29, 0.717) is 5.56 Å². The fraction of sp³-hybridized carbons (Fsp3) is 0.150. The predicted molar refractivity (Wildman–Crippen MR) is 100.0 cm³/mol. The van der Waals surface area contributed by atoms with Gasteiger partial charge >= 0.3 is 5.97 Å². The van der Waals surface area contributed by atoms with Gasteiger partial charge in [0.2, 0.25) is 0 Å². The lowest BCUT2D eigenvalue weighted by Crippen LogP contribution is -2.02. The van der Waals surface area contributed by atoms with Crippen LogP contribution < -0.4 is 0 Å². The second kappa shape index (κ2) is 6.65. The quantitative estimate of drug-likeness (QED) is 0.648. The molecular weight excluding hydrogens is 366 g/mol. The standard InChI is InChI=1S/C20H18BrNO2/c1-3-14-4-10-17(11-5-14)22-13(2)18(20(23)24)12-19(22)15-6-8-16(21)9-7-15/h4-12H,3H2,1-2H3,(H,23,24). The van der Waals surface area contributed by atoms with Crippen molar-refractivity contribution < 1.29 is 9.90 Å². The van der Waals surface area contributed by atoms with Gasteiger partial charge in [0.25, 0.3) is 0 Å². The Hall–Kier alpha value is -2.33. The highest BCUT2D eigenvalue weighted by atomic mass is 79.9. The summed E-state index contributed by atoms with van der Waals surface area (Å²) in [6.07, 6.45) is 0.977. The summed E-state index contributed by atoms with van der Waals surface area (Å²) in [7, 11) is 0. The molecule has 0 saturated heterocycles. The number of aromatic carboxylic acids is 1. The molecule has 0 unspecified atom stereocenters. The van der Waals surface area contributed by atoms with E-state index in [9.17, 15) is 9.90 Å². The van der Waals surface area contributed by atoms with Crippen LogP contribution in [0, 0.1) is 6.92 Å². The molecule has 0 bridgehead atoms. The Morgan fingerprint density at radius 2 is 1.71 bits per heavy atom. The Labute approximate surface area is 149 Å². The molecule has 0 fully saturated rings. The molecule has 24 heavy (non-hydrogen) atoms. The number of hydrogen-bond acceptors (Lipinski definition) is 1. The third-order valence-corrected chi connectivity index (χ3v) is 4.75. The van der Waals surface area contributed by atoms with Crippen LogP contribution in [0.5, 0.6) is 0 Å². The van der Waals surface area contributed by atoms with Crippen LogP contribution >= 0.6 is 15.9 Å². The lowest BCUT2D eigenvalue weighted by Gasteiger charge is -2.13. The number of carbonyl (C=O) groups is 1. The smallest absolute Gasteiger partial charge is 0.337 e. The van der Waals surface area contributed by atoms with Gasteiger partial charge in [-0.3, -0.25) is 0 Å². The van der Waals surface area contributed by atoms with Gasteiger partial charge < -0.3 is 9.67 Å². The molecule has 0 atom stereocenters. The lowest BCUT2D eigenvalue weighted by atomic mass is 10.1. The molecule has 3 aromatic rings. The molecule has 0 aliphatic rings. The van der Waals surface area contributed by atoms with Gasteiger partial charge in [-0.15, -0.1) is 0 Å². The lowest BCUT2D eigenvalue weighted by molar-refractivity contribution is 0.0696. The summed E-state index contributed by atoms with van der Waals surface area (Å²) in [6, 6.07) is 17.9. The number of rotatable bonds is 4. The monoisotopic (exact) mass is 383 g/mol. The van der Waals surface area contributed by atoms with E-state index >= 15 is 0 Å². The summed E-state index contributed by atoms with van der Waals surface area (Å²) in [6.45, 7) is 3.96. The molecule has 0 aliphatic heterocycles. The van der Waals surface area contributed by atoms with Gasteiger partial charge in [0, 0.05) is 15.9 Å². The van der Waals surface area contributed by atoms with E-state index in [4.69, 9.17) is 0 Å². The molecular formula is C20H18BrNO2. The van der Waals surface area contributed by atoms with E-state index in [-0.39, 0.29) is 0 Å². The zero-order chi connectivity index (χ0) is 17.3. The van der Waals surface area contributed by atoms with Gasteiger partial charge in [-0.1, -0.05) is 47.1 Å². The van der Waals surface area contributed by atoms with Crippen LogP contribution in [-0.4, -0.2) is 15.6 Å². The van der Waals surface area contributed by atoms with E-state index in [1.807, 2.05) is 47.9 Å². The maximum atomic E-state index is 11.6. The van der Waals surface area contributed by atoms with Gasteiger partial charge in [0.05, 0.1) is 11.3 Å². The Bertz CT molecular complexity index is 877. The van der Waals surface area contributed by atoms with E-state index < -0.39 is 5.97 Å². The Balaban J connectivity index is 2.22. The summed E-state index contributed by atoms with van der Waals surface area (Å²) in [5.41, 5.74) is 5.13. The molecule has 1 aromatic heterocycles. The van der Waals surface area contributed by atoms with Crippen LogP contribution in [0.25, 0.3) is 16.9 Å². The van der Waals surface area contributed by atoms with Crippen molar-refractivity contribution >= 4 is 21.9 Å². The topological polar surface area (TPSA) is 42.2 Å². The van der Waals surface area contributed by atoms with E-state index in [0.717, 1.165) is 33.5 Å². The summed E-state index contributed by atoms with van der Waals surface area (Å²) >= 11 is 3.44. The van der Waals surface area contributed by atoms with Gasteiger partial charge in [-0.25, -0.2) is 4.79 Å². The van der Waals surface area contributed by atoms with Crippen LogP contribution in [-0.2, 0) is 6.42 Å². The maximum absolute atomic E-state index is 11.6. The highest BCUT2D eigenvalue weighted by molar-refractivity contribution is 9.10. The number of carboxylic acids is 1. The van der Waals surface area contributed by atoms with E-state index in [2.05, 4.69) is 35.0 Å². The summed E-state index contributed by atoms with van der Waals surface area (Å²) in [5.74, 6) is -0.908. The zero-order valence-corrected chi connectivity index (χ0v) is 15.2. The molecule has 4 heteroatoms. The summed E-state index contributed by atoms with van der Waals surface area (Å²) in [4.78, 5) is 11.6. The van der Waals surface area contributed by atoms with Crippen molar-refractivity contribution in [2.24, 2.45) is 0 Å². The third kappa shape index (κ3) is 3.02. The normalized spacial score (nSPS) is 10.8. The highest BCUT2D eigenvalue weighted by Crippen LogP contribution is 2.30. The fourth-order valence-corrected chi connectivity index (χ4v) is 3.13. The molecule has 1 heterocycles. The van der Waals surface area contributed by atoms with Crippen molar-refractivity contribution in [3.63, 3.8) is 0 Å². The average Bonchev–Trinajstić information content (AvgIpc) is 2.93. The first-order chi connectivity index (χ1) is 11.5. The van der Waals surface area contributed by atoms with Crippen LogP contribution in [0.3, 0.4) is 0 Å². The van der Waals surface area contributed by atoms with Gasteiger partial charge in [-0.05, 0) is 54.8 Å². The second-order valence-corrected chi connectivity index (χ2v) is 6.61. The number of benzene rings is 2. The van der Waals surface area contributed by atoms with Crippen LogP contribution in [0.1, 0.15) is 28.5 Å². The van der Waals surface area contributed by atoms with E-state index in [1.54, 1.807) is 6.07 Å². The molecule has 0 spiro atoms. The minimum absolute atomic E-state index is 0.326. The first-order valence-electron chi connectivity index (χ1n) is 7.82. The Morgan fingerprint density at radius 3 is 2.25 bits per heavy atom. The van der Waals surface area contributed by atoms with Gasteiger partial charge in [-0.2, -0.15) is 0 Å². The number of nitrogens with zero attached hydrogens (tertiary/aromatic N) is 1. The number of aromatic nitrogens is 1. The molecule has 0 saturated carbocycles.